The first kappa shape index (κ1) is 35.9. The van der Waals surface area contributed by atoms with Crippen LogP contribution in [0.15, 0.2) is 35.7 Å². The van der Waals surface area contributed by atoms with Gasteiger partial charge in [-0.1, -0.05) is 71.4 Å². The molecule has 0 saturated carbocycles. The monoisotopic (exact) mass is 617 g/mol. The third-order valence-electron chi connectivity index (χ3n) is 7.49. The van der Waals surface area contributed by atoms with Gasteiger partial charge in [0.1, 0.15) is 17.4 Å². The molecule has 0 saturated heterocycles. The standard InChI is InChI=1S/C32H47N3O7S/c1-8-21(4)14-29(37)35(19-41-7)27(20(2)3)17-28(42-23(6)36)31-34-26(18-43-31)30(38)33-25(15-22(5)32(39)40)16-24-12-10-9-11-13-24/h9-13,18,20-22,25,27-28H,8,14-17,19H2,1-7H3,(H,33,38)(H,39,40)/t21-,22-,25+,27?,28+/m0/s1. The number of amides is 2. The van der Waals surface area contributed by atoms with Crippen molar-refractivity contribution in [3.63, 3.8) is 0 Å². The molecule has 43 heavy (non-hydrogen) atoms. The minimum Gasteiger partial charge on any atom is -0.481 e. The molecule has 2 aromatic rings. The summed E-state index contributed by atoms with van der Waals surface area (Å²) in [6.07, 6.45) is 1.48. The predicted molar refractivity (Wildman–Crippen MR) is 165 cm³/mol. The summed E-state index contributed by atoms with van der Waals surface area (Å²) in [5.41, 5.74) is 1.13. The van der Waals surface area contributed by atoms with Crippen LogP contribution in [0.4, 0.5) is 0 Å². The highest BCUT2D eigenvalue weighted by atomic mass is 32.1. The van der Waals surface area contributed by atoms with Gasteiger partial charge >= 0.3 is 11.9 Å². The van der Waals surface area contributed by atoms with Gasteiger partial charge in [-0.2, -0.15) is 0 Å². The quantitative estimate of drug-likeness (QED) is 0.166. The number of hydrogen-bond acceptors (Lipinski definition) is 8. The van der Waals surface area contributed by atoms with E-state index in [1.54, 1.807) is 24.3 Å². The van der Waals surface area contributed by atoms with Gasteiger partial charge < -0.3 is 24.8 Å². The number of carboxylic acids is 1. The Hall–Kier alpha value is -3.31. The molecular weight excluding hydrogens is 570 g/mol. The summed E-state index contributed by atoms with van der Waals surface area (Å²) in [7, 11) is 1.54. The fourth-order valence-corrected chi connectivity index (χ4v) is 5.69. The maximum atomic E-state index is 13.3. The number of esters is 1. The largest absolute Gasteiger partial charge is 0.481 e. The lowest BCUT2D eigenvalue weighted by Crippen LogP contribution is -2.46. The lowest BCUT2D eigenvalue weighted by molar-refractivity contribution is -0.150. The molecule has 1 aromatic heterocycles. The minimum atomic E-state index is -0.933. The van der Waals surface area contributed by atoms with Crippen LogP contribution in [0.25, 0.3) is 0 Å². The number of rotatable bonds is 18. The Morgan fingerprint density at radius 3 is 2.30 bits per heavy atom. The molecule has 1 heterocycles. The summed E-state index contributed by atoms with van der Waals surface area (Å²) in [4.78, 5) is 56.5. The van der Waals surface area contributed by atoms with E-state index < -0.39 is 35.9 Å². The number of hydrogen-bond donors (Lipinski definition) is 2. The Bertz CT molecular complexity index is 1190. The van der Waals surface area contributed by atoms with Crippen LogP contribution in [0.5, 0.6) is 0 Å². The van der Waals surface area contributed by atoms with E-state index in [0.717, 1.165) is 12.0 Å². The van der Waals surface area contributed by atoms with Crippen molar-refractivity contribution in [3.8, 4) is 0 Å². The van der Waals surface area contributed by atoms with Crippen LogP contribution in [0, 0.1) is 17.8 Å². The average Bonchev–Trinajstić information content (AvgIpc) is 3.44. The van der Waals surface area contributed by atoms with E-state index >= 15 is 0 Å². The third-order valence-corrected chi connectivity index (χ3v) is 8.43. The molecule has 0 fully saturated rings. The zero-order valence-electron chi connectivity index (χ0n) is 26.4. The van der Waals surface area contributed by atoms with Gasteiger partial charge in [0.25, 0.3) is 5.91 Å². The van der Waals surface area contributed by atoms with Crippen LogP contribution in [-0.2, 0) is 30.3 Å². The molecule has 0 aliphatic heterocycles. The van der Waals surface area contributed by atoms with Gasteiger partial charge in [0.05, 0.1) is 5.92 Å². The summed E-state index contributed by atoms with van der Waals surface area (Å²) in [6.45, 7) is 11.1. The van der Waals surface area contributed by atoms with E-state index in [-0.39, 0.29) is 49.1 Å². The molecule has 2 N–H and O–H groups in total. The maximum Gasteiger partial charge on any atom is 0.306 e. The van der Waals surface area contributed by atoms with Crippen LogP contribution in [0.1, 0.15) is 94.4 Å². The molecule has 0 aliphatic carbocycles. The molecule has 0 spiro atoms. The summed E-state index contributed by atoms with van der Waals surface area (Å²) in [5, 5.41) is 14.5. The number of nitrogens with zero attached hydrogens (tertiary/aromatic N) is 2. The van der Waals surface area contributed by atoms with Gasteiger partial charge in [-0.25, -0.2) is 4.98 Å². The highest BCUT2D eigenvalue weighted by molar-refractivity contribution is 7.09. The number of benzene rings is 1. The molecule has 2 amide bonds. The normalized spacial score (nSPS) is 14.8. The van der Waals surface area contributed by atoms with Gasteiger partial charge in [-0.05, 0) is 30.2 Å². The van der Waals surface area contributed by atoms with Crippen molar-refractivity contribution in [3.05, 3.63) is 52.0 Å². The van der Waals surface area contributed by atoms with Crippen molar-refractivity contribution < 1.29 is 33.8 Å². The second-order valence-corrected chi connectivity index (χ2v) is 12.4. The molecule has 2 rings (SSSR count). The fourth-order valence-electron chi connectivity index (χ4n) is 4.85. The smallest absolute Gasteiger partial charge is 0.306 e. The Morgan fingerprint density at radius 2 is 1.74 bits per heavy atom. The van der Waals surface area contributed by atoms with Crippen LogP contribution < -0.4 is 5.32 Å². The lowest BCUT2D eigenvalue weighted by atomic mass is 9.95. The second-order valence-electron chi connectivity index (χ2n) is 11.6. The Labute approximate surface area is 259 Å². The predicted octanol–water partition coefficient (Wildman–Crippen LogP) is 5.48. The van der Waals surface area contributed by atoms with Crippen LogP contribution >= 0.6 is 11.3 Å². The number of aliphatic carboxylic acids is 1. The van der Waals surface area contributed by atoms with E-state index in [4.69, 9.17) is 9.47 Å². The SMILES string of the molecule is CC[C@H](C)CC(=O)N(COC)C(C[C@@H](OC(C)=O)c1nc(C(=O)N[C@@H](Cc2ccccc2)C[C@H](C)C(=O)O)cs1)C(C)C. The number of nitrogens with one attached hydrogen (secondary N) is 1. The van der Waals surface area contributed by atoms with Crippen LogP contribution in [0.2, 0.25) is 0 Å². The van der Waals surface area contributed by atoms with E-state index in [9.17, 15) is 24.3 Å². The molecule has 0 radical (unpaired) electrons. The van der Waals surface area contributed by atoms with Crippen molar-refractivity contribution in [2.75, 3.05) is 13.8 Å². The Balaban J connectivity index is 2.30. The summed E-state index contributed by atoms with van der Waals surface area (Å²) >= 11 is 1.20. The molecule has 1 unspecified atom stereocenters. The number of thiazole rings is 1. The fraction of sp³-hybridized carbons (Fsp3) is 0.594. The summed E-state index contributed by atoms with van der Waals surface area (Å²) in [6, 6.07) is 8.81. The molecule has 1 aromatic carbocycles. The van der Waals surface area contributed by atoms with Gasteiger partial charge in [-0.3, -0.25) is 19.2 Å². The topological polar surface area (TPSA) is 135 Å². The first-order valence-electron chi connectivity index (χ1n) is 14.8. The average molecular weight is 618 g/mol. The van der Waals surface area contributed by atoms with Gasteiger partial charge in [0, 0.05) is 44.3 Å². The number of ether oxygens (including phenoxy) is 2. The summed E-state index contributed by atoms with van der Waals surface area (Å²) < 4.78 is 11.1. The third kappa shape index (κ3) is 11.7. The molecule has 238 valence electrons. The zero-order valence-corrected chi connectivity index (χ0v) is 27.2. The number of aromatic nitrogens is 1. The minimum absolute atomic E-state index is 0.0202. The van der Waals surface area contributed by atoms with Gasteiger partial charge in [0.15, 0.2) is 6.10 Å². The molecular formula is C32H47N3O7S. The molecule has 10 nitrogen and oxygen atoms in total. The van der Waals surface area contributed by atoms with E-state index in [1.807, 2.05) is 58.0 Å². The van der Waals surface area contributed by atoms with E-state index in [1.165, 1.54) is 18.3 Å². The molecule has 5 atom stereocenters. The first-order valence-corrected chi connectivity index (χ1v) is 15.7. The molecule has 0 aliphatic rings. The number of methoxy groups -OCH3 is 1. The van der Waals surface area contributed by atoms with Crippen molar-refractivity contribution in [1.82, 2.24) is 15.2 Å². The summed E-state index contributed by atoms with van der Waals surface area (Å²) in [5.74, 6) is -2.32. The Kier molecular flexibility index (Phi) is 14.8. The molecule has 11 heteroatoms. The maximum absolute atomic E-state index is 13.3. The van der Waals surface area contributed by atoms with Crippen molar-refractivity contribution in [2.24, 2.45) is 17.8 Å². The molecule has 0 bridgehead atoms. The van der Waals surface area contributed by atoms with Crippen LogP contribution in [0.3, 0.4) is 0 Å². The van der Waals surface area contributed by atoms with Crippen molar-refractivity contribution >= 4 is 35.1 Å². The highest BCUT2D eigenvalue weighted by Crippen LogP contribution is 2.31. The second kappa shape index (κ2) is 17.7. The number of carbonyl (C=O) groups excluding carboxylic acids is 3. The van der Waals surface area contributed by atoms with Gasteiger partial charge in [0.2, 0.25) is 5.91 Å². The number of carboxylic acid groups (broad SMARTS) is 1. The lowest BCUT2D eigenvalue weighted by Gasteiger charge is -2.36. The Morgan fingerprint density at radius 1 is 1.07 bits per heavy atom. The van der Waals surface area contributed by atoms with Gasteiger partial charge in [-0.15, -0.1) is 11.3 Å². The van der Waals surface area contributed by atoms with Crippen LogP contribution in [-0.4, -0.2) is 64.7 Å². The van der Waals surface area contributed by atoms with Crippen molar-refractivity contribution in [1.29, 1.82) is 0 Å². The highest BCUT2D eigenvalue weighted by Gasteiger charge is 2.33. The van der Waals surface area contributed by atoms with E-state index in [2.05, 4.69) is 10.3 Å². The van der Waals surface area contributed by atoms with Crippen molar-refractivity contribution in [2.45, 2.75) is 91.8 Å². The van der Waals surface area contributed by atoms with E-state index in [0.29, 0.717) is 17.8 Å². The number of carbonyl (C=O) groups is 4. The first-order chi connectivity index (χ1) is 20.4. The zero-order chi connectivity index (χ0) is 32.1.